The molecule has 0 amide bonds. The monoisotopic (exact) mass is 301 g/mol. The van der Waals surface area contributed by atoms with E-state index in [-0.39, 0.29) is 11.8 Å². The van der Waals surface area contributed by atoms with Gasteiger partial charge in [0.15, 0.2) is 23.4 Å². The highest BCUT2D eigenvalue weighted by molar-refractivity contribution is 5.90. The van der Waals surface area contributed by atoms with Crippen LogP contribution in [0.5, 0.6) is 11.5 Å². The lowest BCUT2D eigenvalue weighted by Crippen LogP contribution is -2.76. The number of Topliss-reactive ketones (excluding diaryl/α,β-unsaturated/α-hetero) is 1. The number of carbonyl (C=O) groups is 1. The second kappa shape index (κ2) is 3.84. The quantitative estimate of drug-likeness (QED) is 0.799. The summed E-state index contributed by atoms with van der Waals surface area (Å²) < 4.78 is 11.6. The Kier molecular flexibility index (Phi) is 2.25. The molecule has 116 valence electrons. The molecule has 2 aliphatic carbocycles. The van der Waals surface area contributed by atoms with Crippen molar-refractivity contribution in [3.8, 4) is 11.5 Å². The molecule has 22 heavy (non-hydrogen) atoms. The minimum absolute atomic E-state index is 0.00713. The lowest BCUT2D eigenvalue weighted by molar-refractivity contribution is -0.166. The maximum atomic E-state index is 12.6. The zero-order chi connectivity index (χ0) is 15.1. The fourth-order valence-corrected chi connectivity index (χ4v) is 5.37. The van der Waals surface area contributed by atoms with Crippen LogP contribution in [-0.4, -0.2) is 42.3 Å². The average Bonchev–Trinajstić information content (AvgIpc) is 2.85. The largest absolute Gasteiger partial charge is 0.493 e. The van der Waals surface area contributed by atoms with Crippen molar-refractivity contribution >= 4 is 5.78 Å². The van der Waals surface area contributed by atoms with Gasteiger partial charge in [-0.25, -0.2) is 0 Å². The lowest BCUT2D eigenvalue weighted by Gasteiger charge is -2.59. The van der Waals surface area contributed by atoms with Crippen LogP contribution >= 0.6 is 0 Å². The fourth-order valence-electron chi connectivity index (χ4n) is 5.37. The van der Waals surface area contributed by atoms with E-state index in [9.17, 15) is 9.90 Å². The van der Waals surface area contributed by atoms with Crippen LogP contribution in [-0.2, 0) is 16.6 Å². The summed E-state index contributed by atoms with van der Waals surface area (Å²) in [5.74, 6) is 1.45. The van der Waals surface area contributed by atoms with Gasteiger partial charge >= 0.3 is 0 Å². The van der Waals surface area contributed by atoms with E-state index >= 15 is 0 Å². The van der Waals surface area contributed by atoms with Gasteiger partial charge in [-0.2, -0.15) is 0 Å². The molecule has 0 aromatic heterocycles. The summed E-state index contributed by atoms with van der Waals surface area (Å²) in [5, 5.41) is 15.0. The molecule has 2 bridgehead atoms. The van der Waals surface area contributed by atoms with Gasteiger partial charge in [0, 0.05) is 18.0 Å². The zero-order valence-corrected chi connectivity index (χ0v) is 12.5. The lowest BCUT2D eigenvalue weighted by atomic mass is 9.49. The van der Waals surface area contributed by atoms with E-state index in [0.29, 0.717) is 24.3 Å². The summed E-state index contributed by atoms with van der Waals surface area (Å²) in [6, 6.07) is 3.96. The molecule has 2 N–H and O–H groups in total. The molecule has 2 aliphatic heterocycles. The van der Waals surface area contributed by atoms with Crippen LogP contribution in [0.1, 0.15) is 30.4 Å². The Morgan fingerprint density at radius 1 is 1.41 bits per heavy atom. The van der Waals surface area contributed by atoms with E-state index in [4.69, 9.17) is 9.47 Å². The second-order valence-electron chi connectivity index (χ2n) is 6.95. The number of ketones is 1. The molecule has 5 heteroatoms. The smallest absolute Gasteiger partial charge is 0.174 e. The van der Waals surface area contributed by atoms with E-state index in [1.807, 2.05) is 6.07 Å². The van der Waals surface area contributed by atoms with Crippen LogP contribution in [0.3, 0.4) is 0 Å². The number of aliphatic hydroxyl groups is 1. The van der Waals surface area contributed by atoms with E-state index in [2.05, 4.69) is 11.4 Å². The first-order valence-corrected chi connectivity index (χ1v) is 7.97. The number of hydrogen-bond donors (Lipinski definition) is 2. The SMILES string of the molecule is COc1ccc2c3c1O[C@@H]1C(=O)CCC4(O)[C@H](C2)NCC[C@@]314. The third-order valence-corrected chi connectivity index (χ3v) is 6.29. The Hall–Kier alpha value is -1.59. The van der Waals surface area contributed by atoms with Gasteiger partial charge in [0.1, 0.15) is 0 Å². The first-order chi connectivity index (χ1) is 10.6. The Balaban J connectivity index is 1.87. The third kappa shape index (κ3) is 1.16. The number of methoxy groups -OCH3 is 1. The van der Waals surface area contributed by atoms with Crippen molar-refractivity contribution in [3.05, 3.63) is 23.3 Å². The highest BCUT2D eigenvalue weighted by Crippen LogP contribution is 2.63. The van der Waals surface area contributed by atoms with Gasteiger partial charge in [0.25, 0.3) is 0 Å². The van der Waals surface area contributed by atoms with Gasteiger partial charge in [-0.1, -0.05) is 6.07 Å². The Morgan fingerprint density at radius 2 is 2.27 bits per heavy atom. The predicted octanol–water partition coefficient (Wildman–Crippen LogP) is 0.706. The van der Waals surface area contributed by atoms with Crippen LogP contribution < -0.4 is 14.8 Å². The zero-order valence-electron chi connectivity index (χ0n) is 12.5. The predicted molar refractivity (Wildman–Crippen MR) is 78.4 cm³/mol. The summed E-state index contributed by atoms with van der Waals surface area (Å²) in [6.07, 6.45) is 1.83. The van der Waals surface area contributed by atoms with Crippen molar-refractivity contribution in [1.29, 1.82) is 0 Å². The summed E-state index contributed by atoms with van der Waals surface area (Å²) in [6.45, 7) is 0.802. The van der Waals surface area contributed by atoms with E-state index in [1.54, 1.807) is 7.11 Å². The van der Waals surface area contributed by atoms with Crippen molar-refractivity contribution in [2.45, 2.75) is 48.8 Å². The minimum atomic E-state index is -0.908. The molecule has 1 saturated heterocycles. The Morgan fingerprint density at radius 3 is 3.09 bits per heavy atom. The molecule has 5 rings (SSSR count). The summed E-state index contributed by atoms with van der Waals surface area (Å²) in [7, 11) is 1.61. The van der Waals surface area contributed by atoms with Gasteiger partial charge in [0.2, 0.25) is 0 Å². The van der Waals surface area contributed by atoms with Crippen molar-refractivity contribution < 1.29 is 19.4 Å². The number of rotatable bonds is 1. The fraction of sp³-hybridized carbons (Fsp3) is 0.588. The number of piperidine rings is 1. The summed E-state index contributed by atoms with van der Waals surface area (Å²) in [4.78, 5) is 12.6. The molecule has 1 unspecified atom stereocenters. The second-order valence-corrected chi connectivity index (χ2v) is 6.95. The van der Waals surface area contributed by atoms with Crippen molar-refractivity contribution in [2.75, 3.05) is 13.7 Å². The maximum absolute atomic E-state index is 12.6. The first-order valence-electron chi connectivity index (χ1n) is 7.97. The van der Waals surface area contributed by atoms with Gasteiger partial charge in [-0.3, -0.25) is 4.79 Å². The standard InChI is InChI=1S/C17H19NO4/c1-21-11-3-2-9-8-12-17(20)5-4-10(19)15-16(17,6-7-18-12)13(9)14(11)22-15/h2-3,12,15,18,20H,4-8H2,1H3/t12-,15+,16+,17?/m0/s1. The number of carbonyl (C=O) groups excluding carboxylic acids is 1. The molecule has 1 saturated carbocycles. The molecule has 0 radical (unpaired) electrons. The average molecular weight is 301 g/mol. The van der Waals surface area contributed by atoms with Crippen LogP contribution in [0, 0.1) is 0 Å². The molecule has 1 aromatic rings. The molecule has 4 aliphatic rings. The summed E-state index contributed by atoms with van der Waals surface area (Å²) >= 11 is 0. The minimum Gasteiger partial charge on any atom is -0.493 e. The number of ether oxygens (including phenoxy) is 2. The molecule has 1 spiro atoms. The highest BCUT2D eigenvalue weighted by Gasteiger charge is 2.71. The molecule has 2 heterocycles. The number of nitrogens with one attached hydrogen (secondary N) is 1. The number of benzene rings is 1. The molecular formula is C17H19NO4. The molecular weight excluding hydrogens is 282 g/mol. The topological polar surface area (TPSA) is 67.8 Å². The van der Waals surface area contributed by atoms with E-state index in [1.165, 1.54) is 5.56 Å². The molecule has 5 nitrogen and oxygen atoms in total. The first kappa shape index (κ1) is 12.9. The molecule has 2 fully saturated rings. The highest BCUT2D eigenvalue weighted by atomic mass is 16.5. The summed E-state index contributed by atoms with van der Waals surface area (Å²) in [5.41, 5.74) is 0.699. The van der Waals surface area contributed by atoms with Crippen molar-refractivity contribution in [2.24, 2.45) is 0 Å². The van der Waals surface area contributed by atoms with Gasteiger partial charge in [-0.05, 0) is 37.4 Å². The van der Waals surface area contributed by atoms with E-state index in [0.717, 1.165) is 24.9 Å². The Labute approximate surface area is 128 Å². The Bertz CT molecular complexity index is 702. The van der Waals surface area contributed by atoms with Gasteiger partial charge < -0.3 is 19.9 Å². The van der Waals surface area contributed by atoms with Gasteiger partial charge in [0.05, 0.1) is 18.1 Å². The van der Waals surface area contributed by atoms with E-state index < -0.39 is 17.1 Å². The van der Waals surface area contributed by atoms with Crippen LogP contribution in [0.2, 0.25) is 0 Å². The number of hydrogen-bond acceptors (Lipinski definition) is 5. The molecule has 4 atom stereocenters. The van der Waals surface area contributed by atoms with Crippen LogP contribution in [0.25, 0.3) is 0 Å². The van der Waals surface area contributed by atoms with Gasteiger partial charge in [-0.15, -0.1) is 0 Å². The van der Waals surface area contributed by atoms with Crippen LogP contribution in [0.4, 0.5) is 0 Å². The normalized spacial score (nSPS) is 40.9. The third-order valence-electron chi connectivity index (χ3n) is 6.29. The molecule has 1 aromatic carbocycles. The maximum Gasteiger partial charge on any atom is 0.174 e. The van der Waals surface area contributed by atoms with Crippen molar-refractivity contribution in [1.82, 2.24) is 5.32 Å². The van der Waals surface area contributed by atoms with Crippen molar-refractivity contribution in [3.63, 3.8) is 0 Å². The van der Waals surface area contributed by atoms with Crippen LogP contribution in [0.15, 0.2) is 12.1 Å².